The Morgan fingerprint density at radius 3 is 2.47 bits per heavy atom. The van der Waals surface area contributed by atoms with Crippen LogP contribution in [-0.4, -0.2) is 10.9 Å². The maximum atomic E-state index is 11.0. The highest BCUT2D eigenvalue weighted by atomic mass is 16.6. The number of non-ortho nitro benzene ring substituents is 1. The molecular formula is C10H10NO4. The van der Waals surface area contributed by atoms with Crippen molar-refractivity contribution in [3.05, 3.63) is 41.3 Å². The first-order chi connectivity index (χ1) is 7.13. The van der Waals surface area contributed by atoms with Crippen molar-refractivity contribution in [1.82, 2.24) is 0 Å². The number of carbonyl (C=O) groups is 1. The van der Waals surface area contributed by atoms with Crippen molar-refractivity contribution in [2.24, 2.45) is 0 Å². The van der Waals surface area contributed by atoms with E-state index in [1.165, 1.54) is 24.3 Å². The zero-order valence-electron chi connectivity index (χ0n) is 8.01. The maximum Gasteiger partial charge on any atom is 0.311 e. The predicted octanol–water partition coefficient (Wildman–Crippen LogP) is 2.11. The van der Waals surface area contributed by atoms with Crippen LogP contribution in [0.5, 0.6) is 5.75 Å². The van der Waals surface area contributed by atoms with Gasteiger partial charge in [0.1, 0.15) is 5.75 Å². The van der Waals surface area contributed by atoms with Gasteiger partial charge in [0.05, 0.1) is 4.92 Å². The molecule has 0 heterocycles. The Bertz CT molecular complexity index is 358. The predicted molar refractivity (Wildman–Crippen MR) is 53.3 cm³/mol. The van der Waals surface area contributed by atoms with E-state index in [2.05, 4.69) is 6.92 Å². The van der Waals surface area contributed by atoms with E-state index in [0.717, 1.165) is 0 Å². The molecule has 0 atom stereocenters. The number of benzene rings is 1. The second-order valence-electron chi connectivity index (χ2n) is 2.83. The van der Waals surface area contributed by atoms with Gasteiger partial charge in [0.2, 0.25) is 0 Å². The summed E-state index contributed by atoms with van der Waals surface area (Å²) >= 11 is 0. The van der Waals surface area contributed by atoms with E-state index in [1.807, 2.05) is 0 Å². The van der Waals surface area contributed by atoms with E-state index in [-0.39, 0.29) is 18.1 Å². The van der Waals surface area contributed by atoms with Crippen LogP contribution < -0.4 is 4.74 Å². The molecule has 0 aromatic heterocycles. The number of carbonyl (C=O) groups excluding carboxylic acids is 1. The number of hydrogen-bond acceptors (Lipinski definition) is 4. The van der Waals surface area contributed by atoms with Gasteiger partial charge in [-0.15, -0.1) is 0 Å². The lowest BCUT2D eigenvalue weighted by Crippen LogP contribution is -2.06. The van der Waals surface area contributed by atoms with Gasteiger partial charge in [-0.2, -0.15) is 0 Å². The first-order valence-electron chi connectivity index (χ1n) is 4.38. The minimum Gasteiger partial charge on any atom is -0.427 e. The molecule has 0 amide bonds. The third kappa shape index (κ3) is 3.38. The van der Waals surface area contributed by atoms with Crippen molar-refractivity contribution in [3.8, 4) is 5.75 Å². The van der Waals surface area contributed by atoms with Crippen molar-refractivity contribution in [1.29, 1.82) is 0 Å². The van der Waals surface area contributed by atoms with Crippen molar-refractivity contribution >= 4 is 11.7 Å². The van der Waals surface area contributed by atoms with E-state index in [0.29, 0.717) is 12.2 Å². The highest BCUT2D eigenvalue weighted by molar-refractivity contribution is 5.72. The molecule has 0 spiro atoms. The Kier molecular flexibility index (Phi) is 3.79. The van der Waals surface area contributed by atoms with Crippen LogP contribution in [0.1, 0.15) is 12.8 Å². The minimum absolute atomic E-state index is 0.0352. The van der Waals surface area contributed by atoms with Crippen LogP contribution in [0, 0.1) is 17.0 Å². The Balaban J connectivity index is 2.64. The molecule has 15 heavy (non-hydrogen) atoms. The molecule has 0 aliphatic carbocycles. The molecule has 0 N–H and O–H groups in total. The largest absolute Gasteiger partial charge is 0.427 e. The highest BCUT2D eigenvalue weighted by Gasteiger charge is 2.06. The summed E-state index contributed by atoms with van der Waals surface area (Å²) in [6.45, 7) is 3.51. The summed E-state index contributed by atoms with van der Waals surface area (Å²) in [4.78, 5) is 20.8. The Hall–Kier alpha value is -1.91. The van der Waals surface area contributed by atoms with Gasteiger partial charge in [-0.1, -0.05) is 6.92 Å². The maximum absolute atomic E-state index is 11.0. The van der Waals surface area contributed by atoms with Crippen molar-refractivity contribution in [2.45, 2.75) is 12.8 Å². The fraction of sp³-hybridized carbons (Fsp3) is 0.200. The summed E-state index contributed by atoms with van der Waals surface area (Å²) in [6.07, 6.45) is 0.697. The van der Waals surface area contributed by atoms with Crippen LogP contribution in [0.25, 0.3) is 0 Å². The number of nitro groups is 1. The fourth-order valence-corrected chi connectivity index (χ4v) is 0.963. The molecule has 0 saturated carbocycles. The standard InChI is InChI=1S/C10H10NO4/c1-2-3-10(12)15-9-6-4-8(5-7-9)11(13)14/h4-7H,1-3H2. The van der Waals surface area contributed by atoms with E-state index in [4.69, 9.17) is 4.74 Å². The topological polar surface area (TPSA) is 69.4 Å². The molecular weight excluding hydrogens is 198 g/mol. The van der Waals surface area contributed by atoms with E-state index in [1.54, 1.807) is 0 Å². The van der Waals surface area contributed by atoms with Crippen molar-refractivity contribution in [2.75, 3.05) is 0 Å². The summed E-state index contributed by atoms with van der Waals surface area (Å²) in [5.74, 6) is -0.0853. The van der Waals surface area contributed by atoms with Gasteiger partial charge in [-0.3, -0.25) is 14.9 Å². The van der Waals surface area contributed by atoms with Gasteiger partial charge < -0.3 is 4.74 Å². The fourth-order valence-electron chi connectivity index (χ4n) is 0.963. The van der Waals surface area contributed by atoms with Gasteiger partial charge in [0.15, 0.2) is 0 Å². The summed E-state index contributed by atoms with van der Waals surface area (Å²) < 4.78 is 4.89. The molecule has 0 saturated heterocycles. The molecule has 1 aromatic rings. The lowest BCUT2D eigenvalue weighted by molar-refractivity contribution is -0.384. The molecule has 0 fully saturated rings. The number of hydrogen-bond donors (Lipinski definition) is 0. The third-order valence-electron chi connectivity index (χ3n) is 1.66. The van der Waals surface area contributed by atoms with E-state index in [9.17, 15) is 14.9 Å². The van der Waals surface area contributed by atoms with Crippen LogP contribution >= 0.6 is 0 Å². The first kappa shape index (κ1) is 11.2. The van der Waals surface area contributed by atoms with Crippen molar-refractivity contribution < 1.29 is 14.5 Å². The molecule has 79 valence electrons. The third-order valence-corrected chi connectivity index (χ3v) is 1.66. The quantitative estimate of drug-likeness (QED) is 0.329. The summed E-state index contributed by atoms with van der Waals surface area (Å²) in [7, 11) is 0. The lowest BCUT2D eigenvalue weighted by Gasteiger charge is -2.01. The summed E-state index contributed by atoms with van der Waals surface area (Å²) in [5, 5.41) is 10.3. The molecule has 0 bridgehead atoms. The van der Waals surface area contributed by atoms with Crippen LogP contribution in [-0.2, 0) is 4.79 Å². The monoisotopic (exact) mass is 208 g/mol. The number of esters is 1. The Morgan fingerprint density at radius 1 is 1.40 bits per heavy atom. The number of rotatable bonds is 4. The smallest absolute Gasteiger partial charge is 0.311 e. The van der Waals surface area contributed by atoms with Crippen molar-refractivity contribution in [3.63, 3.8) is 0 Å². The zero-order chi connectivity index (χ0) is 11.3. The normalized spacial score (nSPS) is 9.67. The number of nitro benzene ring substituents is 1. The van der Waals surface area contributed by atoms with Crippen LogP contribution in [0.2, 0.25) is 0 Å². The minimum atomic E-state index is -0.512. The van der Waals surface area contributed by atoms with Gasteiger partial charge in [0.25, 0.3) is 5.69 Å². The van der Waals surface area contributed by atoms with E-state index < -0.39 is 4.92 Å². The summed E-state index contributed by atoms with van der Waals surface area (Å²) in [6, 6.07) is 5.35. The SMILES string of the molecule is [CH2]CCC(=O)Oc1ccc([N+](=O)[O-])cc1. The second kappa shape index (κ2) is 5.09. The average Bonchev–Trinajstić information content (AvgIpc) is 2.18. The van der Waals surface area contributed by atoms with E-state index >= 15 is 0 Å². The molecule has 1 radical (unpaired) electrons. The average molecular weight is 208 g/mol. The highest BCUT2D eigenvalue weighted by Crippen LogP contribution is 2.17. The van der Waals surface area contributed by atoms with Gasteiger partial charge >= 0.3 is 5.97 Å². The molecule has 0 aliphatic rings. The first-order valence-corrected chi connectivity index (χ1v) is 4.38. The van der Waals surface area contributed by atoms with Crippen LogP contribution in [0.4, 0.5) is 5.69 Å². The molecule has 1 aromatic carbocycles. The second-order valence-corrected chi connectivity index (χ2v) is 2.83. The Labute approximate surface area is 86.8 Å². The molecule has 0 unspecified atom stereocenters. The number of ether oxygens (including phenoxy) is 1. The summed E-state index contributed by atoms with van der Waals surface area (Å²) in [5.41, 5.74) is -0.0352. The molecule has 0 aliphatic heterocycles. The molecule has 1 rings (SSSR count). The van der Waals surface area contributed by atoms with Gasteiger partial charge in [-0.05, 0) is 18.6 Å². The van der Waals surface area contributed by atoms with Gasteiger partial charge in [-0.25, -0.2) is 0 Å². The molecule has 5 heteroatoms. The van der Waals surface area contributed by atoms with Gasteiger partial charge in [0, 0.05) is 18.6 Å². The lowest BCUT2D eigenvalue weighted by atomic mass is 10.3. The molecule has 5 nitrogen and oxygen atoms in total. The van der Waals surface area contributed by atoms with Crippen LogP contribution in [0.3, 0.4) is 0 Å². The van der Waals surface area contributed by atoms with Crippen LogP contribution in [0.15, 0.2) is 24.3 Å². The zero-order valence-corrected chi connectivity index (χ0v) is 8.01. The Morgan fingerprint density at radius 2 is 2.00 bits per heavy atom. The number of nitrogens with zero attached hydrogens (tertiary/aromatic N) is 1.